The van der Waals surface area contributed by atoms with E-state index >= 15 is 0 Å². The first-order valence-corrected chi connectivity index (χ1v) is 11.0. The Hall–Kier alpha value is -2.79. The lowest BCUT2D eigenvalue weighted by molar-refractivity contribution is -0.0190. The summed E-state index contributed by atoms with van der Waals surface area (Å²) >= 11 is 3.61. The molecule has 5 heteroatoms. The van der Waals surface area contributed by atoms with Crippen molar-refractivity contribution in [1.29, 1.82) is 0 Å². The fraction of sp³-hybridized carbons (Fsp3) is 0.240. The van der Waals surface area contributed by atoms with Crippen molar-refractivity contribution in [2.24, 2.45) is 5.10 Å². The van der Waals surface area contributed by atoms with E-state index in [0.717, 1.165) is 44.8 Å². The van der Waals surface area contributed by atoms with Crippen molar-refractivity contribution >= 4 is 21.6 Å². The molecule has 0 N–H and O–H groups in total. The van der Waals surface area contributed by atoms with Gasteiger partial charge in [0.25, 0.3) is 0 Å². The normalized spacial score (nSPS) is 19.7. The molecule has 30 heavy (non-hydrogen) atoms. The van der Waals surface area contributed by atoms with Crippen LogP contribution >= 0.6 is 15.9 Å². The Morgan fingerprint density at radius 3 is 2.53 bits per heavy atom. The number of hydrazone groups is 1. The van der Waals surface area contributed by atoms with E-state index in [0.29, 0.717) is 0 Å². The minimum atomic E-state index is -0.245. The highest BCUT2D eigenvalue weighted by Gasteiger charge is 2.41. The van der Waals surface area contributed by atoms with Crippen LogP contribution in [0.15, 0.2) is 82.4 Å². The zero-order chi connectivity index (χ0) is 20.7. The lowest BCUT2D eigenvalue weighted by Gasteiger charge is -2.38. The maximum Gasteiger partial charge on any atom is 0.213 e. The summed E-state index contributed by atoms with van der Waals surface area (Å²) in [5.74, 6) is 1.80. The number of ether oxygens (including phenoxy) is 2. The van der Waals surface area contributed by atoms with Crippen molar-refractivity contribution in [1.82, 2.24) is 5.01 Å². The molecule has 0 fully saturated rings. The Bertz CT molecular complexity index is 1080. The van der Waals surface area contributed by atoms with E-state index in [4.69, 9.17) is 14.6 Å². The van der Waals surface area contributed by atoms with Gasteiger partial charge in [0.2, 0.25) is 6.23 Å². The Morgan fingerprint density at radius 1 is 1.03 bits per heavy atom. The largest absolute Gasteiger partial charge is 0.491 e. The molecule has 2 aliphatic heterocycles. The molecule has 2 heterocycles. The van der Waals surface area contributed by atoms with Crippen LogP contribution in [0.1, 0.15) is 49.2 Å². The van der Waals surface area contributed by atoms with E-state index in [2.05, 4.69) is 51.3 Å². The fourth-order valence-corrected chi connectivity index (χ4v) is 4.45. The molecule has 2 aliphatic rings. The average molecular weight is 463 g/mol. The van der Waals surface area contributed by atoms with Crippen molar-refractivity contribution in [3.05, 3.63) is 94.0 Å². The number of hydrogen-bond donors (Lipinski definition) is 0. The van der Waals surface area contributed by atoms with Crippen LogP contribution in [0.25, 0.3) is 0 Å². The van der Waals surface area contributed by atoms with Crippen LogP contribution in [0.3, 0.4) is 0 Å². The topological polar surface area (TPSA) is 34.1 Å². The lowest BCUT2D eigenvalue weighted by Crippen LogP contribution is -2.33. The Kier molecular flexibility index (Phi) is 4.99. The number of fused-ring (bicyclic) bond motifs is 3. The maximum atomic E-state index is 6.41. The second-order valence-corrected chi connectivity index (χ2v) is 8.82. The van der Waals surface area contributed by atoms with Crippen LogP contribution in [-0.4, -0.2) is 16.8 Å². The van der Waals surface area contributed by atoms with Crippen molar-refractivity contribution in [3.8, 4) is 11.5 Å². The van der Waals surface area contributed by atoms with Crippen molar-refractivity contribution < 1.29 is 9.47 Å². The molecule has 0 spiro atoms. The first-order valence-electron chi connectivity index (χ1n) is 10.2. The predicted molar refractivity (Wildman–Crippen MR) is 122 cm³/mol. The molecule has 0 aliphatic carbocycles. The standard InChI is InChI=1S/C25H23BrN2O2/c1-16(2)29-20-11-8-17(9-12-20)22-15-23-21-14-19(26)10-13-24(21)30-25(28(23)27-22)18-6-4-3-5-7-18/h3-14,16,23,25H,15H2,1-2H3. The number of nitrogens with zero attached hydrogens (tertiary/aromatic N) is 2. The third-order valence-corrected chi connectivity index (χ3v) is 5.89. The van der Waals surface area contributed by atoms with Crippen LogP contribution < -0.4 is 9.47 Å². The Labute approximate surface area is 185 Å². The van der Waals surface area contributed by atoms with Crippen LogP contribution in [-0.2, 0) is 0 Å². The van der Waals surface area contributed by atoms with E-state index < -0.39 is 0 Å². The summed E-state index contributed by atoms with van der Waals surface area (Å²) < 4.78 is 13.2. The van der Waals surface area contributed by atoms with Crippen LogP contribution in [0, 0.1) is 0 Å². The van der Waals surface area contributed by atoms with Gasteiger partial charge in [0.1, 0.15) is 11.5 Å². The molecule has 0 radical (unpaired) electrons. The third-order valence-electron chi connectivity index (χ3n) is 5.40. The Morgan fingerprint density at radius 2 is 1.80 bits per heavy atom. The van der Waals surface area contributed by atoms with E-state index in [1.165, 1.54) is 0 Å². The molecule has 0 aromatic heterocycles. The maximum absolute atomic E-state index is 6.41. The van der Waals surface area contributed by atoms with E-state index in [1.54, 1.807) is 0 Å². The van der Waals surface area contributed by atoms with Gasteiger partial charge in [0.05, 0.1) is 17.9 Å². The van der Waals surface area contributed by atoms with Crippen LogP contribution in [0.5, 0.6) is 11.5 Å². The van der Waals surface area contributed by atoms with Gasteiger partial charge in [-0.2, -0.15) is 5.10 Å². The highest BCUT2D eigenvalue weighted by atomic mass is 79.9. The lowest BCUT2D eigenvalue weighted by atomic mass is 9.96. The molecule has 152 valence electrons. The predicted octanol–water partition coefficient (Wildman–Crippen LogP) is 6.48. The Balaban J connectivity index is 1.52. The zero-order valence-electron chi connectivity index (χ0n) is 17.0. The number of rotatable bonds is 4. The van der Waals surface area contributed by atoms with Crippen molar-refractivity contribution in [2.75, 3.05) is 0 Å². The van der Waals surface area contributed by atoms with Gasteiger partial charge in [-0.05, 0) is 61.9 Å². The molecule has 0 saturated heterocycles. The molecule has 0 amide bonds. The first kappa shape index (κ1) is 19.2. The van der Waals surface area contributed by atoms with Gasteiger partial charge >= 0.3 is 0 Å². The second-order valence-electron chi connectivity index (χ2n) is 7.90. The van der Waals surface area contributed by atoms with E-state index in [-0.39, 0.29) is 18.4 Å². The van der Waals surface area contributed by atoms with Gasteiger partial charge in [0, 0.05) is 22.0 Å². The molecular weight excluding hydrogens is 440 g/mol. The van der Waals surface area contributed by atoms with Gasteiger partial charge in [-0.3, -0.25) is 0 Å². The monoisotopic (exact) mass is 462 g/mol. The van der Waals surface area contributed by atoms with Gasteiger partial charge in [-0.1, -0.05) is 46.3 Å². The first-order chi connectivity index (χ1) is 14.6. The number of hydrogen-bond acceptors (Lipinski definition) is 4. The summed E-state index contributed by atoms with van der Waals surface area (Å²) in [6, 6.07) is 24.9. The average Bonchev–Trinajstić information content (AvgIpc) is 3.20. The molecule has 0 saturated carbocycles. The number of benzene rings is 3. The van der Waals surface area contributed by atoms with Crippen LogP contribution in [0.2, 0.25) is 0 Å². The van der Waals surface area contributed by atoms with Gasteiger partial charge in [0.15, 0.2) is 0 Å². The SMILES string of the molecule is CC(C)Oc1ccc(C2=NN3C(C2)c2cc(Br)ccc2OC3c2ccccc2)cc1. The molecule has 5 rings (SSSR count). The van der Waals surface area contributed by atoms with Gasteiger partial charge in [-0.15, -0.1) is 0 Å². The zero-order valence-corrected chi connectivity index (χ0v) is 18.5. The highest BCUT2D eigenvalue weighted by molar-refractivity contribution is 9.10. The van der Waals surface area contributed by atoms with Gasteiger partial charge < -0.3 is 9.47 Å². The molecule has 3 aromatic carbocycles. The van der Waals surface area contributed by atoms with Gasteiger partial charge in [-0.25, -0.2) is 5.01 Å². The summed E-state index contributed by atoms with van der Waals surface area (Å²) in [6.45, 7) is 4.07. The molecule has 2 atom stereocenters. The van der Waals surface area contributed by atoms with E-state index in [1.807, 2.05) is 56.3 Å². The summed E-state index contributed by atoms with van der Waals surface area (Å²) in [5.41, 5.74) is 4.44. The molecule has 0 bridgehead atoms. The van der Waals surface area contributed by atoms with E-state index in [9.17, 15) is 0 Å². The van der Waals surface area contributed by atoms with Crippen molar-refractivity contribution in [3.63, 3.8) is 0 Å². The minimum absolute atomic E-state index is 0.137. The third kappa shape index (κ3) is 3.58. The molecule has 2 unspecified atom stereocenters. The number of halogens is 1. The fourth-order valence-electron chi connectivity index (χ4n) is 4.07. The summed E-state index contributed by atoms with van der Waals surface area (Å²) in [7, 11) is 0. The minimum Gasteiger partial charge on any atom is -0.491 e. The summed E-state index contributed by atoms with van der Waals surface area (Å²) in [5, 5.41) is 7.14. The van der Waals surface area contributed by atoms with Crippen LogP contribution in [0.4, 0.5) is 0 Å². The molecule has 4 nitrogen and oxygen atoms in total. The summed E-state index contributed by atoms with van der Waals surface area (Å²) in [6.07, 6.45) is 0.749. The highest BCUT2D eigenvalue weighted by Crippen LogP contribution is 2.48. The molecule has 3 aromatic rings. The second kappa shape index (κ2) is 7.80. The smallest absolute Gasteiger partial charge is 0.213 e. The summed E-state index contributed by atoms with van der Waals surface area (Å²) in [4.78, 5) is 0. The van der Waals surface area contributed by atoms with Crippen molar-refractivity contribution in [2.45, 2.75) is 38.6 Å². The molecular formula is C25H23BrN2O2. The quantitative estimate of drug-likeness (QED) is 0.444.